The zero-order valence-corrected chi connectivity index (χ0v) is 11.8. The lowest BCUT2D eigenvalue weighted by Crippen LogP contribution is -2.28. The first kappa shape index (κ1) is 14.2. The predicted octanol–water partition coefficient (Wildman–Crippen LogP) is 2.73. The average molecular weight is 271 g/mol. The number of allylic oxidation sites excluding steroid dienone is 1. The summed E-state index contributed by atoms with van der Waals surface area (Å²) in [6.07, 6.45) is 1.97. The van der Waals surface area contributed by atoms with Crippen molar-refractivity contribution in [3.05, 3.63) is 41.5 Å². The third-order valence-electron chi connectivity index (χ3n) is 3.14. The van der Waals surface area contributed by atoms with Crippen molar-refractivity contribution in [1.82, 2.24) is 0 Å². The predicted molar refractivity (Wildman–Crippen MR) is 76.5 cm³/mol. The third-order valence-corrected chi connectivity index (χ3v) is 3.14. The topological polar surface area (TPSA) is 54.5 Å². The van der Waals surface area contributed by atoms with E-state index in [0.29, 0.717) is 16.8 Å². The highest BCUT2D eigenvalue weighted by atomic mass is 16.2. The van der Waals surface area contributed by atoms with Crippen LogP contribution in [-0.4, -0.2) is 17.6 Å². The Kier molecular flexibility index (Phi) is 3.84. The van der Waals surface area contributed by atoms with E-state index in [1.807, 2.05) is 19.9 Å². The smallest absolute Gasteiger partial charge is 0.261 e. The maximum absolute atomic E-state index is 12.2. The molecule has 1 aliphatic heterocycles. The van der Waals surface area contributed by atoms with Crippen LogP contribution >= 0.6 is 0 Å². The summed E-state index contributed by atoms with van der Waals surface area (Å²) in [5.41, 5.74) is 1.61. The lowest BCUT2D eigenvalue weighted by atomic mass is 10.1. The first-order valence-electron chi connectivity index (χ1n) is 6.59. The lowest BCUT2D eigenvalue weighted by Gasteiger charge is -2.13. The minimum atomic E-state index is -0.265. The standard InChI is InChI=1S/C16H17NO3/c1-10(2)8-13-9-15(19)17(16(13)20)14-6-4-12(5-7-14)11(3)18/h4-8,10H,9H2,1-3H3/b13-8-. The molecule has 0 bridgehead atoms. The van der Waals surface area contributed by atoms with Crippen molar-refractivity contribution in [3.63, 3.8) is 0 Å². The molecule has 1 heterocycles. The summed E-state index contributed by atoms with van der Waals surface area (Å²) in [6, 6.07) is 6.51. The van der Waals surface area contributed by atoms with Crippen LogP contribution in [0.4, 0.5) is 5.69 Å². The Morgan fingerprint density at radius 2 is 1.80 bits per heavy atom. The van der Waals surface area contributed by atoms with Crippen LogP contribution in [0.1, 0.15) is 37.6 Å². The zero-order valence-electron chi connectivity index (χ0n) is 11.8. The Morgan fingerprint density at radius 1 is 1.20 bits per heavy atom. The van der Waals surface area contributed by atoms with Gasteiger partial charge in [-0.15, -0.1) is 0 Å². The van der Waals surface area contributed by atoms with E-state index in [1.54, 1.807) is 24.3 Å². The van der Waals surface area contributed by atoms with Crippen LogP contribution in [0.5, 0.6) is 0 Å². The number of carbonyl (C=O) groups is 3. The number of hydrogen-bond donors (Lipinski definition) is 0. The van der Waals surface area contributed by atoms with Gasteiger partial charge in [0.2, 0.25) is 5.91 Å². The highest BCUT2D eigenvalue weighted by Gasteiger charge is 2.34. The summed E-state index contributed by atoms with van der Waals surface area (Å²) in [5.74, 6) is -0.311. The minimum absolute atomic E-state index is 0.0454. The summed E-state index contributed by atoms with van der Waals surface area (Å²) in [7, 11) is 0. The summed E-state index contributed by atoms with van der Waals surface area (Å²) in [4.78, 5) is 36.6. The number of imide groups is 1. The van der Waals surface area contributed by atoms with Crippen LogP contribution in [0, 0.1) is 5.92 Å². The zero-order chi connectivity index (χ0) is 14.9. The van der Waals surface area contributed by atoms with Gasteiger partial charge in [-0.05, 0) is 37.1 Å². The fourth-order valence-corrected chi connectivity index (χ4v) is 2.21. The number of amides is 2. The van der Waals surface area contributed by atoms with Crippen molar-refractivity contribution in [2.75, 3.05) is 4.90 Å². The second-order valence-corrected chi connectivity index (χ2v) is 5.25. The Balaban J connectivity index is 2.31. The van der Waals surface area contributed by atoms with Crippen molar-refractivity contribution in [1.29, 1.82) is 0 Å². The largest absolute Gasteiger partial charge is 0.295 e. The molecule has 1 saturated heterocycles. The Morgan fingerprint density at radius 3 is 2.30 bits per heavy atom. The Hall–Kier alpha value is -2.23. The van der Waals surface area contributed by atoms with E-state index in [-0.39, 0.29) is 29.9 Å². The summed E-state index contributed by atoms with van der Waals surface area (Å²) in [5, 5.41) is 0. The van der Waals surface area contributed by atoms with Crippen LogP contribution in [0.2, 0.25) is 0 Å². The van der Waals surface area contributed by atoms with E-state index in [2.05, 4.69) is 0 Å². The van der Waals surface area contributed by atoms with E-state index in [4.69, 9.17) is 0 Å². The molecule has 0 N–H and O–H groups in total. The molecule has 2 amide bonds. The Bertz CT molecular complexity index is 597. The maximum atomic E-state index is 12.2. The first-order valence-corrected chi connectivity index (χ1v) is 6.59. The average Bonchev–Trinajstić information content (AvgIpc) is 2.64. The number of rotatable bonds is 3. The van der Waals surface area contributed by atoms with Gasteiger partial charge in [-0.1, -0.05) is 19.9 Å². The van der Waals surface area contributed by atoms with Crippen LogP contribution < -0.4 is 4.90 Å². The summed E-state index contributed by atoms with van der Waals surface area (Å²) >= 11 is 0. The van der Waals surface area contributed by atoms with Crippen molar-refractivity contribution in [2.45, 2.75) is 27.2 Å². The molecule has 0 unspecified atom stereocenters. The van der Waals surface area contributed by atoms with Gasteiger partial charge in [0.15, 0.2) is 5.78 Å². The molecule has 0 aromatic heterocycles. The lowest BCUT2D eigenvalue weighted by molar-refractivity contribution is -0.120. The van der Waals surface area contributed by atoms with Gasteiger partial charge >= 0.3 is 0 Å². The van der Waals surface area contributed by atoms with Crippen LogP contribution in [0.15, 0.2) is 35.9 Å². The SMILES string of the molecule is CC(=O)c1ccc(N2C(=O)C/C(=C/C(C)C)C2=O)cc1. The first-order chi connectivity index (χ1) is 9.40. The molecule has 20 heavy (non-hydrogen) atoms. The highest BCUT2D eigenvalue weighted by molar-refractivity contribution is 6.28. The van der Waals surface area contributed by atoms with Gasteiger partial charge in [0.25, 0.3) is 5.91 Å². The van der Waals surface area contributed by atoms with Crippen molar-refractivity contribution < 1.29 is 14.4 Å². The van der Waals surface area contributed by atoms with E-state index in [1.165, 1.54) is 11.8 Å². The van der Waals surface area contributed by atoms with E-state index < -0.39 is 0 Å². The summed E-state index contributed by atoms with van der Waals surface area (Å²) < 4.78 is 0. The number of nitrogens with zero attached hydrogens (tertiary/aromatic N) is 1. The molecular formula is C16H17NO3. The molecule has 1 aliphatic rings. The van der Waals surface area contributed by atoms with Crippen molar-refractivity contribution in [2.24, 2.45) is 5.92 Å². The fourth-order valence-electron chi connectivity index (χ4n) is 2.21. The monoisotopic (exact) mass is 271 g/mol. The number of hydrogen-bond acceptors (Lipinski definition) is 3. The van der Waals surface area contributed by atoms with Crippen molar-refractivity contribution in [3.8, 4) is 0 Å². The number of Topliss-reactive ketones (excluding diaryl/α,β-unsaturated/α-hetero) is 1. The normalized spacial score (nSPS) is 17.4. The van der Waals surface area contributed by atoms with E-state index in [0.717, 1.165) is 0 Å². The molecular weight excluding hydrogens is 254 g/mol. The molecule has 1 fully saturated rings. The molecule has 0 radical (unpaired) electrons. The molecule has 0 saturated carbocycles. The second kappa shape index (κ2) is 5.41. The van der Waals surface area contributed by atoms with Crippen molar-refractivity contribution >= 4 is 23.3 Å². The quantitative estimate of drug-likeness (QED) is 0.482. The maximum Gasteiger partial charge on any atom is 0.261 e. The second-order valence-electron chi connectivity index (χ2n) is 5.25. The summed E-state index contributed by atoms with van der Waals surface area (Å²) in [6.45, 7) is 5.41. The van der Waals surface area contributed by atoms with Crippen LogP contribution in [0.25, 0.3) is 0 Å². The Labute approximate surface area is 118 Å². The molecule has 4 nitrogen and oxygen atoms in total. The van der Waals surface area contributed by atoms with Gasteiger partial charge in [0.05, 0.1) is 12.1 Å². The molecule has 104 valence electrons. The van der Waals surface area contributed by atoms with E-state index in [9.17, 15) is 14.4 Å². The number of ketones is 1. The van der Waals surface area contributed by atoms with Crippen LogP contribution in [-0.2, 0) is 9.59 Å². The fraction of sp³-hybridized carbons (Fsp3) is 0.312. The van der Waals surface area contributed by atoms with Gasteiger partial charge in [-0.25, -0.2) is 4.90 Å². The number of anilines is 1. The number of carbonyl (C=O) groups excluding carboxylic acids is 3. The van der Waals surface area contributed by atoms with Gasteiger partial charge < -0.3 is 0 Å². The molecule has 0 spiro atoms. The highest BCUT2D eigenvalue weighted by Crippen LogP contribution is 2.27. The van der Waals surface area contributed by atoms with Gasteiger partial charge in [-0.3, -0.25) is 14.4 Å². The van der Waals surface area contributed by atoms with Gasteiger partial charge in [-0.2, -0.15) is 0 Å². The van der Waals surface area contributed by atoms with Gasteiger partial charge in [0, 0.05) is 11.1 Å². The number of benzene rings is 1. The molecule has 0 atom stereocenters. The molecule has 0 aliphatic carbocycles. The van der Waals surface area contributed by atoms with Gasteiger partial charge in [0.1, 0.15) is 0 Å². The van der Waals surface area contributed by atoms with Crippen LogP contribution in [0.3, 0.4) is 0 Å². The molecule has 1 aromatic carbocycles. The third kappa shape index (κ3) is 2.69. The molecule has 4 heteroatoms. The minimum Gasteiger partial charge on any atom is -0.295 e. The van der Waals surface area contributed by atoms with E-state index >= 15 is 0 Å². The molecule has 1 aromatic rings. The molecule has 2 rings (SSSR count).